The average molecular weight is 377 g/mol. The van der Waals surface area contributed by atoms with Crippen LogP contribution in [0.15, 0.2) is 16.9 Å². The minimum absolute atomic E-state index is 0.113. The Morgan fingerprint density at radius 2 is 1.73 bits per heavy atom. The summed E-state index contributed by atoms with van der Waals surface area (Å²) in [5.74, 6) is 1.13. The Morgan fingerprint density at radius 3 is 2.35 bits per heavy atom. The Kier molecular flexibility index (Phi) is 4.81. The lowest BCUT2D eigenvalue weighted by atomic mass is 9.88. The molecule has 0 aliphatic carbocycles. The molecule has 0 saturated heterocycles. The van der Waals surface area contributed by atoms with Crippen LogP contribution in [0.1, 0.15) is 22.7 Å². The van der Waals surface area contributed by atoms with E-state index in [1.807, 2.05) is 24.1 Å². The maximum Gasteiger partial charge on any atom is 0.263 e. The van der Waals surface area contributed by atoms with E-state index >= 15 is 0 Å². The number of benzene rings is 1. The number of likely N-dealkylation sites (N-methyl/N-ethyl adjacent to an activating group) is 1. The summed E-state index contributed by atoms with van der Waals surface area (Å²) in [7, 11) is 8.38. The van der Waals surface area contributed by atoms with E-state index in [1.165, 1.54) is 9.13 Å². The van der Waals surface area contributed by atoms with Gasteiger partial charge in [-0.2, -0.15) is 0 Å². The van der Waals surface area contributed by atoms with Gasteiger partial charge in [0, 0.05) is 20.6 Å². The summed E-state index contributed by atoms with van der Waals surface area (Å²) in [5, 5.41) is 10.7. The maximum absolute atomic E-state index is 12.9. The molecule has 1 aromatic heterocycles. The van der Waals surface area contributed by atoms with Gasteiger partial charge in [0.05, 0.1) is 25.8 Å². The number of aromatic hydroxyl groups is 1. The van der Waals surface area contributed by atoms with Gasteiger partial charge < -0.3 is 14.6 Å². The van der Waals surface area contributed by atoms with E-state index in [4.69, 9.17) is 21.7 Å². The van der Waals surface area contributed by atoms with Crippen LogP contribution in [0.5, 0.6) is 17.4 Å². The Morgan fingerprint density at radius 1 is 1.12 bits per heavy atom. The van der Waals surface area contributed by atoms with Crippen LogP contribution >= 0.6 is 12.2 Å². The lowest BCUT2D eigenvalue weighted by molar-refractivity contribution is 0.251. The number of ether oxygens (including phenoxy) is 2. The molecule has 1 aromatic carbocycles. The zero-order chi connectivity index (χ0) is 19.2. The fraction of sp³-hybridized carbons (Fsp3) is 0.444. The molecule has 26 heavy (non-hydrogen) atoms. The van der Waals surface area contributed by atoms with Crippen LogP contribution in [0.4, 0.5) is 0 Å². The number of fused-ring (bicyclic) bond motifs is 1. The summed E-state index contributed by atoms with van der Waals surface area (Å²) in [4.78, 5) is 15.0. The van der Waals surface area contributed by atoms with Gasteiger partial charge in [0.25, 0.3) is 5.56 Å². The standard InChI is InChI=1S/C18H23N3O4S/c1-19-7-6-10-8-12(24-4)13(25-5)9-11(10)15(19)14-16(22)20(2)18(26)21(3)17(14)23/h8-9,15,22H,6-7H2,1-5H3. The first-order valence-corrected chi connectivity index (χ1v) is 8.66. The smallest absolute Gasteiger partial charge is 0.263 e. The molecular weight excluding hydrogens is 354 g/mol. The molecule has 2 aromatic rings. The molecule has 8 heteroatoms. The van der Waals surface area contributed by atoms with Crippen molar-refractivity contribution in [1.29, 1.82) is 0 Å². The van der Waals surface area contributed by atoms with Crippen LogP contribution in [-0.2, 0) is 20.5 Å². The zero-order valence-electron chi connectivity index (χ0n) is 15.6. The molecular formula is C18H23N3O4S. The highest BCUT2D eigenvalue weighted by Crippen LogP contribution is 2.41. The number of methoxy groups -OCH3 is 2. The molecule has 0 saturated carbocycles. The van der Waals surface area contributed by atoms with Gasteiger partial charge in [0.1, 0.15) is 0 Å². The summed E-state index contributed by atoms with van der Waals surface area (Å²) in [6.07, 6.45) is 0.814. The molecule has 140 valence electrons. The fourth-order valence-corrected chi connectivity index (χ4v) is 3.72. The molecule has 1 atom stereocenters. The summed E-state index contributed by atoms with van der Waals surface area (Å²) in [5.41, 5.74) is 1.99. The normalized spacial score (nSPS) is 17.0. The van der Waals surface area contributed by atoms with Crippen molar-refractivity contribution in [2.75, 3.05) is 27.8 Å². The average Bonchev–Trinajstić information content (AvgIpc) is 2.65. The Bertz CT molecular complexity index is 980. The van der Waals surface area contributed by atoms with Crippen LogP contribution in [0.2, 0.25) is 0 Å². The Hall–Kier alpha value is -2.32. The number of hydrogen-bond donors (Lipinski definition) is 1. The number of nitrogens with zero attached hydrogens (tertiary/aromatic N) is 3. The molecule has 1 N–H and O–H groups in total. The lowest BCUT2D eigenvalue weighted by Gasteiger charge is -2.35. The monoisotopic (exact) mass is 377 g/mol. The summed E-state index contributed by atoms with van der Waals surface area (Å²) >= 11 is 5.23. The van der Waals surface area contributed by atoms with E-state index in [1.54, 1.807) is 28.3 Å². The second kappa shape index (κ2) is 6.77. The van der Waals surface area contributed by atoms with Crippen molar-refractivity contribution in [3.63, 3.8) is 0 Å². The van der Waals surface area contributed by atoms with Crippen LogP contribution in [-0.4, -0.2) is 47.0 Å². The van der Waals surface area contributed by atoms with Crippen LogP contribution in [0, 0.1) is 4.77 Å². The third kappa shape index (κ3) is 2.69. The van der Waals surface area contributed by atoms with Gasteiger partial charge in [0.15, 0.2) is 16.3 Å². The molecule has 0 bridgehead atoms. The zero-order valence-corrected chi connectivity index (χ0v) is 16.4. The van der Waals surface area contributed by atoms with E-state index in [0.717, 1.165) is 24.1 Å². The van der Waals surface area contributed by atoms with Crippen molar-refractivity contribution in [1.82, 2.24) is 14.0 Å². The van der Waals surface area contributed by atoms with E-state index in [-0.39, 0.29) is 16.2 Å². The van der Waals surface area contributed by atoms with Crippen LogP contribution in [0.3, 0.4) is 0 Å². The van der Waals surface area contributed by atoms with Crippen LogP contribution in [0.25, 0.3) is 0 Å². The predicted molar refractivity (Wildman–Crippen MR) is 101 cm³/mol. The van der Waals surface area contributed by atoms with Gasteiger partial charge in [-0.1, -0.05) is 0 Å². The van der Waals surface area contributed by atoms with Crippen molar-refractivity contribution in [2.45, 2.75) is 12.5 Å². The lowest BCUT2D eigenvalue weighted by Crippen LogP contribution is -2.38. The molecule has 7 nitrogen and oxygen atoms in total. The minimum Gasteiger partial charge on any atom is -0.494 e. The van der Waals surface area contributed by atoms with E-state index in [0.29, 0.717) is 17.1 Å². The molecule has 0 radical (unpaired) electrons. The molecule has 1 aliphatic rings. The first kappa shape index (κ1) is 18.5. The first-order valence-electron chi connectivity index (χ1n) is 8.25. The molecule has 3 rings (SSSR count). The Balaban J connectivity index is 2.32. The van der Waals surface area contributed by atoms with Gasteiger partial charge in [-0.05, 0) is 48.9 Å². The highest BCUT2D eigenvalue weighted by molar-refractivity contribution is 7.71. The topological polar surface area (TPSA) is 68.9 Å². The SMILES string of the molecule is COc1cc2c(cc1OC)C(c1c(O)n(C)c(=S)n(C)c1=O)N(C)CC2. The third-order valence-electron chi connectivity index (χ3n) is 5.06. The van der Waals surface area contributed by atoms with Gasteiger partial charge in [-0.25, -0.2) is 0 Å². The largest absolute Gasteiger partial charge is 0.494 e. The van der Waals surface area contributed by atoms with Crippen molar-refractivity contribution in [3.05, 3.63) is 43.9 Å². The molecule has 0 fully saturated rings. The minimum atomic E-state index is -0.404. The first-order chi connectivity index (χ1) is 12.3. The third-order valence-corrected chi connectivity index (χ3v) is 5.60. The molecule has 2 heterocycles. The molecule has 1 aliphatic heterocycles. The fourth-order valence-electron chi connectivity index (χ4n) is 3.55. The second-order valence-electron chi connectivity index (χ2n) is 6.48. The van der Waals surface area contributed by atoms with Crippen molar-refractivity contribution in [2.24, 2.45) is 14.1 Å². The highest BCUT2D eigenvalue weighted by Gasteiger charge is 2.33. The number of hydrogen-bond acceptors (Lipinski definition) is 6. The quantitative estimate of drug-likeness (QED) is 0.822. The predicted octanol–water partition coefficient (Wildman–Crippen LogP) is 1.75. The molecule has 0 spiro atoms. The maximum atomic E-state index is 12.9. The van der Waals surface area contributed by atoms with E-state index in [2.05, 4.69) is 0 Å². The van der Waals surface area contributed by atoms with Crippen molar-refractivity contribution < 1.29 is 14.6 Å². The van der Waals surface area contributed by atoms with Crippen molar-refractivity contribution >= 4 is 12.2 Å². The summed E-state index contributed by atoms with van der Waals surface area (Å²) in [6, 6.07) is 3.42. The van der Waals surface area contributed by atoms with E-state index < -0.39 is 6.04 Å². The highest BCUT2D eigenvalue weighted by atomic mass is 32.1. The summed E-state index contributed by atoms with van der Waals surface area (Å²) < 4.78 is 13.9. The van der Waals surface area contributed by atoms with Gasteiger partial charge >= 0.3 is 0 Å². The molecule has 0 amide bonds. The van der Waals surface area contributed by atoms with Gasteiger partial charge in [0.2, 0.25) is 5.88 Å². The van der Waals surface area contributed by atoms with E-state index in [9.17, 15) is 9.90 Å². The Labute approximate surface area is 157 Å². The second-order valence-corrected chi connectivity index (χ2v) is 6.85. The number of aromatic nitrogens is 2. The van der Waals surface area contributed by atoms with Crippen LogP contribution < -0.4 is 15.0 Å². The molecule has 1 unspecified atom stereocenters. The van der Waals surface area contributed by atoms with Crippen molar-refractivity contribution in [3.8, 4) is 17.4 Å². The summed E-state index contributed by atoms with van der Waals surface area (Å²) in [6.45, 7) is 0.745. The van der Waals surface area contributed by atoms with Gasteiger partial charge in [-0.3, -0.25) is 18.8 Å². The van der Waals surface area contributed by atoms with Gasteiger partial charge in [-0.15, -0.1) is 0 Å². The number of rotatable bonds is 3.